The van der Waals surface area contributed by atoms with E-state index in [1.807, 2.05) is 142 Å². The molecule has 6 aromatic rings. The molecule has 0 bridgehead atoms. The van der Waals surface area contributed by atoms with E-state index in [2.05, 4.69) is 57.0 Å². The highest BCUT2D eigenvalue weighted by Crippen LogP contribution is 2.39. The number of carbonyl (C=O) groups excluding carboxylic acids is 3. The number of nitrogens with zero attached hydrogens (tertiary/aromatic N) is 5. The number of likely N-dealkylation sites (N-methyl/N-ethyl adjacent to an activating group) is 1. The average molecular weight is 838 g/mol. The summed E-state index contributed by atoms with van der Waals surface area (Å²) in [6.07, 6.45) is 3.82. The third-order valence-electron chi connectivity index (χ3n) is 11.8. The summed E-state index contributed by atoms with van der Waals surface area (Å²) in [6.45, 7) is 19.8. The molecule has 0 N–H and O–H groups in total. The third kappa shape index (κ3) is 9.09. The number of carbonyl (C=O) groups is 3. The molecule has 0 unspecified atom stereocenters. The van der Waals surface area contributed by atoms with Gasteiger partial charge in [-0.15, -0.1) is 0 Å². The number of amides is 2. The van der Waals surface area contributed by atoms with E-state index >= 15 is 4.79 Å². The van der Waals surface area contributed by atoms with Gasteiger partial charge in [0.15, 0.2) is 0 Å². The summed E-state index contributed by atoms with van der Waals surface area (Å²) in [5.74, 6) is 0.445. The van der Waals surface area contributed by atoms with Crippen molar-refractivity contribution < 1.29 is 23.5 Å². The van der Waals surface area contributed by atoms with Gasteiger partial charge >= 0.3 is 6.09 Å². The van der Waals surface area contributed by atoms with Crippen molar-refractivity contribution in [2.75, 3.05) is 25.5 Å². The fourth-order valence-electron chi connectivity index (χ4n) is 7.74. The maximum Gasteiger partial charge on any atom is 0.418 e. The zero-order valence-corrected chi connectivity index (χ0v) is 38.4. The molecule has 0 saturated heterocycles. The molecule has 0 radical (unpaired) electrons. The monoisotopic (exact) mass is 837 g/mol. The predicted octanol–water partition coefficient (Wildman–Crippen LogP) is 11.0. The summed E-state index contributed by atoms with van der Waals surface area (Å²) >= 11 is 0. The Bertz CT molecular complexity index is 2590. The Kier molecular flexibility index (Phi) is 11.7. The highest BCUT2D eigenvalue weighted by molar-refractivity contribution is 6.74. The Morgan fingerprint density at radius 2 is 1.46 bits per heavy atom. The Hall–Kier alpha value is -5.91. The number of para-hydroxylation sites is 1. The summed E-state index contributed by atoms with van der Waals surface area (Å²) < 4.78 is 15.7. The fraction of sp³-hybridized carbons (Fsp3) is 0.340. The Labute approximate surface area is 361 Å². The van der Waals surface area contributed by atoms with Crippen LogP contribution >= 0.6 is 0 Å². The minimum atomic E-state index is -2.12. The normalized spacial score (nSPS) is 14.6. The predicted molar refractivity (Wildman–Crippen MR) is 247 cm³/mol. The molecule has 0 saturated carbocycles. The molecule has 11 heteroatoms. The van der Waals surface area contributed by atoms with Gasteiger partial charge in [0.25, 0.3) is 11.8 Å². The van der Waals surface area contributed by atoms with Crippen LogP contribution in [0, 0.1) is 6.92 Å². The van der Waals surface area contributed by atoms with Crippen LogP contribution in [-0.4, -0.2) is 77.4 Å². The van der Waals surface area contributed by atoms with Crippen molar-refractivity contribution in [3.8, 4) is 11.4 Å². The SMILES string of the molecule is Cc1cc(C(=O)N(c2ccc(O[Si](C)(C)C(C)(C)C)cc2)c2ccc3c(ccn3C(=O)OC(C)(C)C)c2)cn1-c1ccccc1C(=O)N1Cc2ccccc2C[C@H]1CN(C)C. The maximum atomic E-state index is 15.1. The van der Waals surface area contributed by atoms with Gasteiger partial charge in [0, 0.05) is 54.0 Å². The number of hydrogen-bond donors (Lipinski definition) is 0. The molecule has 1 atom stereocenters. The van der Waals surface area contributed by atoms with E-state index < -0.39 is 20.0 Å². The second kappa shape index (κ2) is 16.5. The minimum absolute atomic E-state index is 0.000963. The lowest BCUT2D eigenvalue weighted by Crippen LogP contribution is -2.49. The van der Waals surface area contributed by atoms with E-state index in [0.717, 1.165) is 35.4 Å². The Morgan fingerprint density at radius 3 is 2.13 bits per heavy atom. The van der Waals surface area contributed by atoms with Gasteiger partial charge in [-0.05, 0) is 144 Å². The van der Waals surface area contributed by atoms with Crippen LogP contribution in [0.5, 0.6) is 5.75 Å². The molecule has 0 spiro atoms. The van der Waals surface area contributed by atoms with Crippen molar-refractivity contribution in [3.05, 3.63) is 143 Å². The van der Waals surface area contributed by atoms with Crippen LogP contribution in [0.15, 0.2) is 116 Å². The number of ether oxygens (including phenoxy) is 1. The van der Waals surface area contributed by atoms with E-state index in [-0.39, 0.29) is 22.9 Å². The highest BCUT2D eigenvalue weighted by atomic mass is 28.4. The first-order valence-corrected chi connectivity index (χ1v) is 23.9. The second-order valence-electron chi connectivity index (χ2n) is 19.0. The lowest BCUT2D eigenvalue weighted by atomic mass is 9.93. The summed E-state index contributed by atoms with van der Waals surface area (Å²) in [5, 5.41) is 0.785. The number of benzene rings is 4. The topological polar surface area (TPSA) is 89.2 Å². The molecule has 61 heavy (non-hydrogen) atoms. The first kappa shape index (κ1) is 43.2. The van der Waals surface area contributed by atoms with Crippen LogP contribution in [0.2, 0.25) is 18.1 Å². The van der Waals surface area contributed by atoms with Crippen molar-refractivity contribution in [2.24, 2.45) is 0 Å². The molecule has 1 aliphatic rings. The van der Waals surface area contributed by atoms with Crippen molar-refractivity contribution in [1.82, 2.24) is 18.9 Å². The second-order valence-corrected chi connectivity index (χ2v) is 23.7. The molecule has 0 aliphatic carbocycles. The number of aromatic nitrogens is 2. The van der Waals surface area contributed by atoms with Gasteiger partial charge in [0.05, 0.1) is 22.3 Å². The minimum Gasteiger partial charge on any atom is -0.544 e. The van der Waals surface area contributed by atoms with Crippen LogP contribution in [0.1, 0.15) is 79.1 Å². The fourth-order valence-corrected chi connectivity index (χ4v) is 8.77. The van der Waals surface area contributed by atoms with Crippen molar-refractivity contribution >= 4 is 48.5 Å². The van der Waals surface area contributed by atoms with Crippen molar-refractivity contribution in [3.63, 3.8) is 0 Å². The van der Waals surface area contributed by atoms with Crippen LogP contribution in [0.4, 0.5) is 16.2 Å². The Balaban J connectivity index is 1.26. The van der Waals surface area contributed by atoms with E-state index in [9.17, 15) is 9.59 Å². The molecular formula is C50H59N5O5Si. The zero-order chi connectivity index (χ0) is 44.0. The molecular weight excluding hydrogens is 779 g/mol. The molecule has 7 rings (SSSR count). The first-order valence-electron chi connectivity index (χ1n) is 21.0. The molecule has 0 fully saturated rings. The number of anilines is 2. The van der Waals surface area contributed by atoms with E-state index in [4.69, 9.17) is 9.16 Å². The molecule has 1 aliphatic heterocycles. The largest absolute Gasteiger partial charge is 0.544 e. The summed E-state index contributed by atoms with van der Waals surface area (Å²) in [6, 6.07) is 33.0. The molecule has 2 amide bonds. The van der Waals surface area contributed by atoms with Gasteiger partial charge in [0.1, 0.15) is 11.4 Å². The van der Waals surface area contributed by atoms with Crippen LogP contribution in [0.3, 0.4) is 0 Å². The Morgan fingerprint density at radius 1 is 0.803 bits per heavy atom. The highest BCUT2D eigenvalue weighted by Gasteiger charge is 2.39. The van der Waals surface area contributed by atoms with E-state index in [0.29, 0.717) is 40.3 Å². The van der Waals surface area contributed by atoms with Gasteiger partial charge in [0.2, 0.25) is 8.32 Å². The van der Waals surface area contributed by atoms with Crippen LogP contribution in [-0.2, 0) is 17.7 Å². The number of fused-ring (bicyclic) bond motifs is 2. The molecule has 4 aromatic carbocycles. The summed E-state index contributed by atoms with van der Waals surface area (Å²) in [4.78, 5) is 48.7. The zero-order valence-electron chi connectivity index (χ0n) is 37.4. The quantitative estimate of drug-likeness (QED) is 0.135. The molecule has 318 valence electrons. The standard InChI is InChI=1S/C50H59N5O5Si/c1-34-28-38(32-53(34)45-19-15-14-18-43(45)47(57)54-31-37-17-13-12-16-35(37)29-41(54)33-51(8)9)46(56)55(39-20-23-42(24-21-39)60-61(10,11)50(5,6)7)40-22-25-44-36(30-40)26-27-52(44)48(58)59-49(2,3)4/h12-28,30,32,41H,29,31,33H2,1-11H3/t41-/m0/s1. The van der Waals surface area contributed by atoms with Gasteiger partial charge < -0.3 is 23.5 Å². The average Bonchev–Trinajstić information content (AvgIpc) is 3.80. The molecule has 10 nitrogen and oxygen atoms in total. The lowest BCUT2D eigenvalue weighted by molar-refractivity contribution is 0.0543. The van der Waals surface area contributed by atoms with Crippen molar-refractivity contribution in [2.45, 2.75) is 91.2 Å². The van der Waals surface area contributed by atoms with Gasteiger partial charge in [-0.1, -0.05) is 57.2 Å². The smallest absolute Gasteiger partial charge is 0.418 e. The summed E-state index contributed by atoms with van der Waals surface area (Å²) in [5.41, 5.74) is 6.24. The van der Waals surface area contributed by atoms with Crippen LogP contribution < -0.4 is 9.33 Å². The van der Waals surface area contributed by atoms with E-state index in [1.165, 1.54) is 10.1 Å². The number of hydrogen-bond acceptors (Lipinski definition) is 6. The van der Waals surface area contributed by atoms with E-state index in [1.54, 1.807) is 11.1 Å². The van der Waals surface area contributed by atoms with Crippen LogP contribution in [0.25, 0.3) is 16.6 Å². The molecule has 2 aromatic heterocycles. The summed E-state index contributed by atoms with van der Waals surface area (Å²) in [7, 11) is 1.96. The molecule has 3 heterocycles. The first-order chi connectivity index (χ1) is 28.7. The van der Waals surface area contributed by atoms with Gasteiger partial charge in [-0.3, -0.25) is 19.1 Å². The third-order valence-corrected chi connectivity index (χ3v) is 16.2. The number of rotatable bonds is 9. The van der Waals surface area contributed by atoms with Gasteiger partial charge in [-0.2, -0.15) is 0 Å². The van der Waals surface area contributed by atoms with Crippen molar-refractivity contribution in [1.29, 1.82) is 0 Å². The maximum absolute atomic E-state index is 15.1. The number of aryl methyl sites for hydroxylation is 1. The van der Waals surface area contributed by atoms with Gasteiger partial charge in [-0.25, -0.2) is 4.79 Å². The lowest BCUT2D eigenvalue weighted by Gasteiger charge is -2.38.